The Morgan fingerprint density at radius 2 is 2.25 bits per heavy atom. The van der Waals surface area contributed by atoms with Crippen LogP contribution in [0.2, 0.25) is 0 Å². The lowest BCUT2D eigenvalue weighted by molar-refractivity contribution is 0.297. The van der Waals surface area contributed by atoms with E-state index < -0.39 is 89.7 Å². The van der Waals surface area contributed by atoms with E-state index in [1.54, 1.807) is 6.92 Å². The van der Waals surface area contributed by atoms with E-state index in [0.29, 0.717) is 17.5 Å². The summed E-state index contributed by atoms with van der Waals surface area (Å²) < 4.78 is 146. The second-order valence-corrected chi connectivity index (χ2v) is 9.83. The number of ether oxygens (including phenoxy) is 1. The predicted molar refractivity (Wildman–Crippen MR) is 140 cm³/mol. The van der Waals surface area contributed by atoms with E-state index in [9.17, 15) is 13.2 Å². The van der Waals surface area contributed by atoms with Gasteiger partial charge in [0.2, 0.25) is 10.0 Å². The van der Waals surface area contributed by atoms with Crippen LogP contribution in [0.5, 0.6) is 5.75 Å². The standard InChI is InChI=1S/C25H36N6O4S/c1-5-8-20-22-23(31(4)29-20)25(32)28-24(27-22)19-16-18(10-11-21(19)35-15-6-2)36(33,34)26-13-12-17-9-7-14-30(17)3/h10-11,16-17,26H,5-9,12-15H2,1-4H3,(H,27,28,32)/i1D3,3D3,4D3,5D2,12D2,13D. The van der Waals surface area contributed by atoms with Gasteiger partial charge in [-0.1, -0.05) is 20.1 Å². The highest BCUT2D eigenvalue weighted by molar-refractivity contribution is 7.89. The number of nitrogens with zero attached hydrogens (tertiary/aromatic N) is 4. The van der Waals surface area contributed by atoms with E-state index in [1.807, 2.05) is 4.72 Å². The van der Waals surface area contributed by atoms with Crippen molar-refractivity contribution in [2.75, 3.05) is 26.6 Å². The number of fused-ring (bicyclic) bond motifs is 1. The summed E-state index contributed by atoms with van der Waals surface area (Å²) in [6.45, 7) is -9.13. The molecule has 0 amide bonds. The van der Waals surface area contributed by atoms with Crippen molar-refractivity contribution in [1.82, 2.24) is 29.4 Å². The third-order valence-electron chi connectivity index (χ3n) is 5.58. The molecule has 2 unspecified atom stereocenters. The molecule has 1 saturated heterocycles. The maximum absolute atomic E-state index is 13.6. The molecule has 11 heteroatoms. The summed E-state index contributed by atoms with van der Waals surface area (Å²) in [5.41, 5.74) is -2.81. The molecule has 1 aliphatic rings. The highest BCUT2D eigenvalue weighted by Crippen LogP contribution is 2.31. The monoisotopic (exact) mass is 530 g/mol. The van der Waals surface area contributed by atoms with E-state index in [2.05, 4.69) is 15.1 Å². The van der Waals surface area contributed by atoms with E-state index in [-0.39, 0.29) is 36.7 Å². The van der Waals surface area contributed by atoms with Crippen LogP contribution in [0.25, 0.3) is 22.4 Å². The number of likely N-dealkylation sites (tertiary alicyclic amines) is 1. The van der Waals surface area contributed by atoms with E-state index in [4.69, 9.17) is 23.9 Å². The van der Waals surface area contributed by atoms with Gasteiger partial charge in [0.25, 0.3) is 5.56 Å². The molecule has 10 nitrogen and oxygen atoms in total. The van der Waals surface area contributed by atoms with Crippen molar-refractivity contribution in [3.05, 3.63) is 34.2 Å². The summed E-state index contributed by atoms with van der Waals surface area (Å²) >= 11 is 0. The van der Waals surface area contributed by atoms with Crippen LogP contribution in [0.1, 0.15) is 70.7 Å². The quantitative estimate of drug-likeness (QED) is 0.391. The minimum Gasteiger partial charge on any atom is -0.493 e. The number of H-pyrrole nitrogens is 1. The molecule has 2 aromatic heterocycles. The van der Waals surface area contributed by atoms with Crippen LogP contribution in [0.4, 0.5) is 0 Å². The van der Waals surface area contributed by atoms with Crippen LogP contribution >= 0.6 is 0 Å². The number of aromatic amines is 1. The first-order valence-electron chi connectivity index (χ1n) is 18.3. The molecule has 2 atom stereocenters. The van der Waals surface area contributed by atoms with Gasteiger partial charge in [-0.15, -0.1) is 0 Å². The van der Waals surface area contributed by atoms with Crippen LogP contribution < -0.4 is 15.0 Å². The molecule has 3 aromatic rings. The van der Waals surface area contributed by atoms with E-state index in [0.717, 1.165) is 17.0 Å². The second kappa shape index (κ2) is 11.1. The summed E-state index contributed by atoms with van der Waals surface area (Å²) in [4.78, 5) is 20.5. The molecule has 1 aliphatic heterocycles. The van der Waals surface area contributed by atoms with Crippen molar-refractivity contribution in [2.24, 2.45) is 6.98 Å². The minimum absolute atomic E-state index is 0.00656. The van der Waals surface area contributed by atoms with E-state index >= 15 is 0 Å². The van der Waals surface area contributed by atoms with Crippen LogP contribution in [-0.2, 0) is 23.4 Å². The maximum Gasteiger partial charge on any atom is 0.277 e. The molecule has 3 heterocycles. The third kappa shape index (κ3) is 5.47. The molecule has 196 valence electrons. The summed E-state index contributed by atoms with van der Waals surface area (Å²) in [6.07, 6.45) is -5.65. The average Bonchev–Trinajstić information content (AvgIpc) is 3.62. The van der Waals surface area contributed by atoms with Gasteiger partial charge in [0.15, 0.2) is 5.52 Å². The molecule has 36 heavy (non-hydrogen) atoms. The molecule has 0 spiro atoms. The van der Waals surface area contributed by atoms with E-state index in [1.165, 1.54) is 6.07 Å². The summed E-state index contributed by atoms with van der Waals surface area (Å²) in [5, 5.41) is 3.84. The lowest BCUT2D eigenvalue weighted by Crippen LogP contribution is -2.31. The second-order valence-electron chi connectivity index (χ2n) is 8.11. The van der Waals surface area contributed by atoms with Gasteiger partial charge in [0, 0.05) is 38.7 Å². The van der Waals surface area contributed by atoms with Gasteiger partial charge in [0.05, 0.1) is 22.8 Å². The molecule has 1 fully saturated rings. The molecule has 0 radical (unpaired) electrons. The average molecular weight is 531 g/mol. The third-order valence-corrected chi connectivity index (χ3v) is 6.88. The molecule has 0 saturated carbocycles. The zero-order valence-corrected chi connectivity index (χ0v) is 20.3. The van der Waals surface area contributed by atoms with Gasteiger partial charge in [-0.05, 0) is 63.8 Å². The van der Waals surface area contributed by atoms with Gasteiger partial charge in [-0.2, -0.15) is 5.10 Å². The highest BCUT2D eigenvalue weighted by atomic mass is 32.2. The molecule has 4 rings (SSSR count). The van der Waals surface area contributed by atoms with Crippen molar-refractivity contribution in [3.8, 4) is 17.1 Å². The fourth-order valence-electron chi connectivity index (χ4n) is 3.83. The van der Waals surface area contributed by atoms with Crippen molar-refractivity contribution >= 4 is 21.1 Å². The highest BCUT2D eigenvalue weighted by Gasteiger charge is 2.23. The van der Waals surface area contributed by atoms with Crippen molar-refractivity contribution in [1.29, 1.82) is 0 Å². The van der Waals surface area contributed by atoms with Gasteiger partial charge < -0.3 is 14.6 Å². The van der Waals surface area contributed by atoms with Crippen LogP contribution in [0.15, 0.2) is 27.9 Å². The number of aryl methyl sites for hydroxylation is 2. The Bertz CT molecular complexity index is 1890. The zero-order chi connectivity index (χ0) is 37.8. The fourth-order valence-corrected chi connectivity index (χ4v) is 4.71. The van der Waals surface area contributed by atoms with Gasteiger partial charge >= 0.3 is 0 Å². The molecule has 0 aliphatic carbocycles. The summed E-state index contributed by atoms with van der Waals surface area (Å²) in [6, 6.07) is 2.01. The van der Waals surface area contributed by atoms with Crippen molar-refractivity contribution in [2.45, 2.75) is 63.1 Å². The molecular formula is C25H36N6O4S. The Balaban J connectivity index is 1.84. The fraction of sp³-hybridized carbons (Fsp3) is 0.560. The largest absolute Gasteiger partial charge is 0.493 e. The van der Waals surface area contributed by atoms with Gasteiger partial charge in [-0.25, -0.2) is 18.1 Å². The Kier molecular flexibility index (Phi) is 4.22. The number of aromatic nitrogens is 4. The molecule has 0 bridgehead atoms. The van der Waals surface area contributed by atoms with Crippen LogP contribution in [0, 0.1) is 0 Å². The number of nitrogens with one attached hydrogen (secondary N) is 2. The predicted octanol–water partition coefficient (Wildman–Crippen LogP) is 2.83. The Morgan fingerprint density at radius 3 is 3.03 bits per heavy atom. The van der Waals surface area contributed by atoms with Gasteiger partial charge in [0.1, 0.15) is 17.1 Å². The number of sulfonamides is 1. The number of rotatable bonds is 11. The normalized spacial score (nSPS) is 25.2. The molecule has 2 N–H and O–H groups in total. The molecule has 1 aromatic carbocycles. The maximum atomic E-state index is 13.6. The molecular weight excluding hydrogens is 480 g/mol. The number of benzene rings is 1. The smallest absolute Gasteiger partial charge is 0.277 e. The van der Waals surface area contributed by atoms with Crippen molar-refractivity contribution in [3.63, 3.8) is 0 Å². The Labute approximate surface area is 231 Å². The van der Waals surface area contributed by atoms with Crippen molar-refractivity contribution < 1.29 is 32.3 Å². The zero-order valence-electron chi connectivity index (χ0n) is 33.5. The lowest BCUT2D eigenvalue weighted by atomic mass is 10.1. The Morgan fingerprint density at radius 1 is 1.36 bits per heavy atom. The summed E-state index contributed by atoms with van der Waals surface area (Å²) in [7, 11) is -4.72. The van der Waals surface area contributed by atoms with Crippen LogP contribution in [-0.4, -0.2) is 65.8 Å². The van der Waals surface area contributed by atoms with Crippen LogP contribution in [0.3, 0.4) is 0 Å². The minimum atomic E-state index is -4.72. The first-order chi connectivity index (χ1) is 22.7. The topological polar surface area (TPSA) is 122 Å². The first-order valence-corrected chi connectivity index (χ1v) is 12.7. The van der Waals surface area contributed by atoms with Gasteiger partial charge in [-0.3, -0.25) is 9.48 Å². The SMILES string of the molecule is [2H]C(NS(=O)(=O)c1ccc(OCCC)c(-c2nc3c(CC([2H])([2H])C([2H])([2H])[2H])nn(C([2H])([2H])[2H])c3c(=O)[nH]2)c1)C([2H])([2H])C1CCCN1C([2H])([2H])[2H]. The first kappa shape index (κ1) is 13.7. The lowest BCUT2D eigenvalue weighted by Gasteiger charge is -2.19. The summed E-state index contributed by atoms with van der Waals surface area (Å²) in [5.74, 6) is -0.392. The number of hydrogen-bond donors (Lipinski definition) is 2. The number of hydrogen-bond acceptors (Lipinski definition) is 7. The Hall–Kier alpha value is -2.76.